The van der Waals surface area contributed by atoms with Crippen LogP contribution in [0, 0.1) is 0 Å². The number of H-pyrrole nitrogens is 1. The number of aliphatic carboxylic acids is 1. The van der Waals surface area contributed by atoms with E-state index in [1.54, 1.807) is 0 Å². The van der Waals surface area contributed by atoms with Gasteiger partial charge in [0.25, 0.3) is 11.5 Å². The van der Waals surface area contributed by atoms with Crippen LogP contribution in [0.25, 0.3) is 0 Å². The lowest BCUT2D eigenvalue weighted by atomic mass is 10.4. The first-order valence-electron chi connectivity index (χ1n) is 5.10. The summed E-state index contributed by atoms with van der Waals surface area (Å²) in [4.78, 5) is 33.0. The molecule has 0 saturated heterocycles. The Hall–Kier alpha value is -2.27. The van der Waals surface area contributed by atoms with Gasteiger partial charge in [-0.05, 0) is 6.07 Å². The highest BCUT2D eigenvalue weighted by atomic mass is 32.2. The summed E-state index contributed by atoms with van der Waals surface area (Å²) in [7, 11) is 0. The van der Waals surface area contributed by atoms with Crippen molar-refractivity contribution in [1.29, 1.82) is 0 Å². The molecule has 0 unspecified atom stereocenters. The van der Waals surface area contributed by atoms with E-state index in [-0.39, 0.29) is 16.6 Å². The van der Waals surface area contributed by atoms with Crippen molar-refractivity contribution >= 4 is 40.1 Å². The Balaban J connectivity index is 1.99. The lowest BCUT2D eigenvalue weighted by Gasteiger charge is -1.98. The second-order valence-corrected chi connectivity index (χ2v) is 5.52. The third-order valence-electron chi connectivity index (χ3n) is 1.86. The molecule has 20 heavy (non-hydrogen) atoms. The average molecular weight is 313 g/mol. The van der Waals surface area contributed by atoms with Crippen molar-refractivity contribution in [2.75, 3.05) is 11.1 Å². The number of hydrogen-bond donors (Lipinski definition) is 3. The fraction of sp³-hybridized carbons (Fsp3) is 0.111. The summed E-state index contributed by atoms with van der Waals surface area (Å²) in [6.07, 6.45) is 0. The van der Waals surface area contributed by atoms with Crippen LogP contribution in [0.15, 0.2) is 21.3 Å². The number of carboxylic acid groups (broad SMARTS) is 1. The van der Waals surface area contributed by atoms with E-state index in [9.17, 15) is 14.4 Å². The topological polar surface area (TPSA) is 138 Å². The van der Waals surface area contributed by atoms with Crippen molar-refractivity contribution in [2.24, 2.45) is 0 Å². The van der Waals surface area contributed by atoms with Crippen LogP contribution < -0.4 is 10.9 Å². The smallest absolute Gasteiger partial charge is 0.313 e. The molecule has 0 spiro atoms. The molecule has 2 aromatic rings. The van der Waals surface area contributed by atoms with E-state index in [1.807, 2.05) is 0 Å². The lowest BCUT2D eigenvalue weighted by molar-refractivity contribution is -0.133. The molecule has 0 saturated carbocycles. The summed E-state index contributed by atoms with van der Waals surface area (Å²) in [5.74, 6) is -1.65. The minimum absolute atomic E-state index is 0.0274. The minimum Gasteiger partial charge on any atom is -0.481 e. The zero-order valence-electron chi connectivity index (χ0n) is 9.69. The number of thioether (sulfide) groups is 1. The third kappa shape index (κ3) is 3.86. The van der Waals surface area contributed by atoms with E-state index in [2.05, 4.69) is 25.7 Å². The molecule has 2 aromatic heterocycles. The molecule has 0 atom stereocenters. The van der Waals surface area contributed by atoms with Gasteiger partial charge in [-0.3, -0.25) is 19.7 Å². The predicted octanol–water partition coefficient (Wildman–Crippen LogP) is 0.0504. The lowest BCUT2D eigenvalue weighted by Crippen LogP contribution is -2.17. The quantitative estimate of drug-likeness (QED) is 0.520. The SMILES string of the molecule is O=C(O)CSc1nnc(NC(=O)c2ccc(=O)[nH]n2)s1. The van der Waals surface area contributed by atoms with Crippen LogP contribution in [-0.2, 0) is 4.79 Å². The second kappa shape index (κ2) is 6.25. The van der Waals surface area contributed by atoms with Crippen LogP contribution in [0.2, 0.25) is 0 Å². The molecule has 0 radical (unpaired) electrons. The van der Waals surface area contributed by atoms with Gasteiger partial charge in [0.2, 0.25) is 5.13 Å². The highest BCUT2D eigenvalue weighted by Crippen LogP contribution is 2.25. The van der Waals surface area contributed by atoms with Gasteiger partial charge in [-0.1, -0.05) is 23.1 Å². The Morgan fingerprint density at radius 3 is 2.85 bits per heavy atom. The van der Waals surface area contributed by atoms with E-state index in [0.29, 0.717) is 4.34 Å². The van der Waals surface area contributed by atoms with Crippen molar-refractivity contribution < 1.29 is 14.7 Å². The molecular weight excluding hydrogens is 306 g/mol. The van der Waals surface area contributed by atoms with E-state index in [1.165, 1.54) is 12.1 Å². The number of carboxylic acids is 1. The zero-order chi connectivity index (χ0) is 14.5. The number of carbonyl (C=O) groups excluding carboxylic acids is 1. The fourth-order valence-electron chi connectivity index (χ4n) is 1.07. The number of aromatic nitrogens is 4. The van der Waals surface area contributed by atoms with Gasteiger partial charge >= 0.3 is 5.97 Å². The van der Waals surface area contributed by atoms with Crippen molar-refractivity contribution in [3.8, 4) is 0 Å². The van der Waals surface area contributed by atoms with Crippen LogP contribution >= 0.6 is 23.1 Å². The van der Waals surface area contributed by atoms with Crippen molar-refractivity contribution in [3.05, 3.63) is 28.2 Å². The van der Waals surface area contributed by atoms with Crippen LogP contribution in [0.5, 0.6) is 0 Å². The normalized spacial score (nSPS) is 10.2. The van der Waals surface area contributed by atoms with Gasteiger partial charge in [0.15, 0.2) is 4.34 Å². The Morgan fingerprint density at radius 2 is 2.20 bits per heavy atom. The van der Waals surface area contributed by atoms with E-state index in [4.69, 9.17) is 5.11 Å². The molecule has 2 rings (SSSR count). The molecule has 0 aliphatic rings. The number of anilines is 1. The molecule has 0 bridgehead atoms. The number of aromatic amines is 1. The van der Waals surface area contributed by atoms with Gasteiger partial charge < -0.3 is 5.11 Å². The second-order valence-electron chi connectivity index (χ2n) is 3.32. The molecule has 104 valence electrons. The zero-order valence-corrected chi connectivity index (χ0v) is 11.3. The standard InChI is InChI=1S/C9H7N5O4S2/c15-5-2-1-4(11-12-5)7(18)10-8-13-14-9(20-8)19-3-6(16)17/h1-2H,3H2,(H,12,15)(H,16,17)(H,10,13,18). The number of nitrogens with one attached hydrogen (secondary N) is 2. The maximum atomic E-state index is 11.7. The van der Waals surface area contributed by atoms with E-state index in [0.717, 1.165) is 23.1 Å². The molecule has 11 heteroatoms. The number of rotatable bonds is 5. The van der Waals surface area contributed by atoms with Crippen molar-refractivity contribution in [2.45, 2.75) is 4.34 Å². The summed E-state index contributed by atoms with van der Waals surface area (Å²) < 4.78 is 0.428. The summed E-state index contributed by atoms with van der Waals surface area (Å²) in [6.45, 7) is 0. The highest BCUT2D eigenvalue weighted by molar-refractivity contribution is 8.01. The van der Waals surface area contributed by atoms with Crippen molar-refractivity contribution in [3.63, 3.8) is 0 Å². The number of hydrogen-bond acceptors (Lipinski definition) is 8. The van der Waals surface area contributed by atoms with Crippen LogP contribution in [0.1, 0.15) is 10.5 Å². The monoisotopic (exact) mass is 313 g/mol. The summed E-state index contributed by atoms with van der Waals surface area (Å²) >= 11 is 2.05. The summed E-state index contributed by atoms with van der Waals surface area (Å²) in [5, 5.41) is 24.3. The molecular formula is C9H7N5O4S2. The first-order chi connectivity index (χ1) is 9.54. The Labute approximate surface area is 119 Å². The molecule has 0 aliphatic carbocycles. The number of amides is 1. The molecule has 0 aromatic carbocycles. The molecule has 3 N–H and O–H groups in total. The Morgan fingerprint density at radius 1 is 1.40 bits per heavy atom. The van der Waals surface area contributed by atoms with Gasteiger partial charge in [0.05, 0.1) is 5.75 Å². The van der Waals surface area contributed by atoms with E-state index < -0.39 is 17.4 Å². The molecule has 9 nitrogen and oxygen atoms in total. The van der Waals surface area contributed by atoms with Gasteiger partial charge in [0, 0.05) is 6.07 Å². The fourth-order valence-corrected chi connectivity index (χ4v) is 2.54. The summed E-state index contributed by atoms with van der Waals surface area (Å²) in [5.41, 5.74) is -0.385. The maximum Gasteiger partial charge on any atom is 0.313 e. The minimum atomic E-state index is -0.965. The van der Waals surface area contributed by atoms with Gasteiger partial charge in [-0.15, -0.1) is 10.2 Å². The molecule has 0 aliphatic heterocycles. The van der Waals surface area contributed by atoms with Gasteiger partial charge in [0.1, 0.15) is 5.69 Å². The van der Waals surface area contributed by atoms with Crippen LogP contribution in [-0.4, -0.2) is 43.1 Å². The Bertz CT molecular complexity index is 677. The van der Waals surface area contributed by atoms with E-state index >= 15 is 0 Å². The molecule has 1 amide bonds. The largest absolute Gasteiger partial charge is 0.481 e. The summed E-state index contributed by atoms with van der Waals surface area (Å²) in [6, 6.07) is 2.45. The predicted molar refractivity (Wildman–Crippen MR) is 71.1 cm³/mol. The molecule has 0 fully saturated rings. The number of carbonyl (C=O) groups is 2. The number of nitrogens with zero attached hydrogens (tertiary/aromatic N) is 3. The van der Waals surface area contributed by atoms with Crippen LogP contribution in [0.4, 0.5) is 5.13 Å². The first-order valence-corrected chi connectivity index (χ1v) is 6.90. The Kier molecular flexibility index (Phi) is 4.42. The maximum absolute atomic E-state index is 11.7. The first kappa shape index (κ1) is 14.1. The average Bonchev–Trinajstić information content (AvgIpc) is 2.84. The van der Waals surface area contributed by atoms with Crippen molar-refractivity contribution in [1.82, 2.24) is 20.4 Å². The molecule has 2 heterocycles. The van der Waals surface area contributed by atoms with Gasteiger partial charge in [-0.25, -0.2) is 5.10 Å². The highest BCUT2D eigenvalue weighted by Gasteiger charge is 2.12. The van der Waals surface area contributed by atoms with Crippen LogP contribution in [0.3, 0.4) is 0 Å². The van der Waals surface area contributed by atoms with Gasteiger partial charge in [-0.2, -0.15) is 5.10 Å². The third-order valence-corrected chi connectivity index (χ3v) is 3.81.